The Labute approximate surface area is 106 Å². The Morgan fingerprint density at radius 3 is 3.06 bits per heavy atom. The van der Waals surface area contributed by atoms with Crippen molar-refractivity contribution in [2.75, 3.05) is 11.4 Å². The second kappa shape index (κ2) is 5.05. The minimum absolute atomic E-state index is 0.108. The van der Waals surface area contributed by atoms with E-state index in [1.807, 2.05) is 13.0 Å². The number of carboxylic acids is 1. The molecule has 2 heterocycles. The van der Waals surface area contributed by atoms with E-state index in [-0.39, 0.29) is 12.0 Å². The first kappa shape index (κ1) is 12.4. The van der Waals surface area contributed by atoms with Gasteiger partial charge in [-0.25, -0.2) is 4.98 Å². The maximum absolute atomic E-state index is 11.0. The van der Waals surface area contributed by atoms with Gasteiger partial charge in [0.25, 0.3) is 0 Å². The quantitative estimate of drug-likeness (QED) is 0.857. The third-order valence-electron chi connectivity index (χ3n) is 3.43. The Morgan fingerprint density at radius 2 is 2.44 bits per heavy atom. The zero-order valence-corrected chi connectivity index (χ0v) is 10.2. The number of aliphatic carboxylic acids is 1. The number of hydrogen-bond acceptors (Lipinski definition) is 4. The molecule has 0 aliphatic carbocycles. The summed E-state index contributed by atoms with van der Waals surface area (Å²) in [6, 6.07) is 5.85. The summed E-state index contributed by atoms with van der Waals surface area (Å²) in [4.78, 5) is 17.1. The third kappa shape index (κ3) is 2.28. The fourth-order valence-electron chi connectivity index (χ4n) is 2.47. The molecule has 0 bridgehead atoms. The Hall–Kier alpha value is -2.09. The number of hydrogen-bond donors (Lipinski definition) is 1. The van der Waals surface area contributed by atoms with Crippen LogP contribution in [0.2, 0.25) is 0 Å². The van der Waals surface area contributed by atoms with Crippen LogP contribution < -0.4 is 4.90 Å². The first-order valence-electron chi connectivity index (χ1n) is 5.98. The summed E-state index contributed by atoms with van der Waals surface area (Å²) in [5.74, 6) is -1.01. The highest BCUT2D eigenvalue weighted by molar-refractivity contribution is 5.71. The Morgan fingerprint density at radius 1 is 1.67 bits per heavy atom. The normalized spacial score (nSPS) is 23.4. The highest BCUT2D eigenvalue weighted by Gasteiger charge is 2.30. The maximum Gasteiger partial charge on any atom is 0.306 e. The van der Waals surface area contributed by atoms with Crippen molar-refractivity contribution in [1.82, 2.24) is 4.98 Å². The van der Waals surface area contributed by atoms with Gasteiger partial charge in [-0.2, -0.15) is 5.26 Å². The average molecular weight is 245 g/mol. The number of nitrogens with zero attached hydrogens (tertiary/aromatic N) is 3. The lowest BCUT2D eigenvalue weighted by molar-refractivity contribution is -0.142. The minimum atomic E-state index is -0.729. The summed E-state index contributed by atoms with van der Waals surface area (Å²) in [5.41, 5.74) is 1.20. The summed E-state index contributed by atoms with van der Waals surface area (Å²) >= 11 is 0. The van der Waals surface area contributed by atoms with E-state index in [2.05, 4.69) is 16.0 Å². The molecule has 1 N–H and O–H groups in total. The number of carbonyl (C=O) groups is 1. The predicted octanol–water partition coefficient (Wildman–Crippen LogP) is 1.64. The summed E-state index contributed by atoms with van der Waals surface area (Å²) in [5, 5.41) is 18.1. The second-order valence-electron chi connectivity index (χ2n) is 4.58. The molecule has 0 aromatic carbocycles. The van der Waals surface area contributed by atoms with Crippen LogP contribution in [0, 0.1) is 17.2 Å². The van der Waals surface area contributed by atoms with Crippen LogP contribution in [-0.4, -0.2) is 28.6 Å². The van der Waals surface area contributed by atoms with Gasteiger partial charge in [0.1, 0.15) is 6.07 Å². The van der Waals surface area contributed by atoms with Crippen molar-refractivity contribution in [2.45, 2.75) is 25.8 Å². The number of nitriles is 1. The van der Waals surface area contributed by atoms with Gasteiger partial charge < -0.3 is 10.0 Å². The van der Waals surface area contributed by atoms with E-state index >= 15 is 0 Å². The molecule has 2 rings (SSSR count). The fourth-order valence-corrected chi connectivity index (χ4v) is 2.47. The van der Waals surface area contributed by atoms with Gasteiger partial charge >= 0.3 is 5.97 Å². The van der Waals surface area contributed by atoms with Crippen LogP contribution in [-0.2, 0) is 4.79 Å². The van der Waals surface area contributed by atoms with E-state index < -0.39 is 5.97 Å². The molecular weight excluding hydrogens is 230 g/mol. The van der Waals surface area contributed by atoms with Crippen LogP contribution in [0.25, 0.3) is 0 Å². The number of piperidine rings is 1. The largest absolute Gasteiger partial charge is 0.481 e. The molecule has 0 radical (unpaired) electrons. The van der Waals surface area contributed by atoms with E-state index in [0.29, 0.717) is 25.1 Å². The molecule has 5 heteroatoms. The van der Waals surface area contributed by atoms with Gasteiger partial charge in [0.05, 0.1) is 11.6 Å². The van der Waals surface area contributed by atoms with Gasteiger partial charge in [-0.1, -0.05) is 0 Å². The number of carboxylic acid groups (broad SMARTS) is 1. The van der Waals surface area contributed by atoms with Crippen molar-refractivity contribution in [3.05, 3.63) is 24.0 Å². The molecule has 1 fully saturated rings. The van der Waals surface area contributed by atoms with Gasteiger partial charge in [0.2, 0.25) is 0 Å². The van der Waals surface area contributed by atoms with Gasteiger partial charge in [-0.05, 0) is 31.9 Å². The van der Waals surface area contributed by atoms with Crippen molar-refractivity contribution < 1.29 is 9.90 Å². The van der Waals surface area contributed by atoms with E-state index in [9.17, 15) is 4.79 Å². The van der Waals surface area contributed by atoms with E-state index in [1.54, 1.807) is 12.3 Å². The molecule has 0 amide bonds. The zero-order valence-electron chi connectivity index (χ0n) is 10.2. The van der Waals surface area contributed by atoms with Crippen LogP contribution in [0.1, 0.15) is 25.5 Å². The smallest absolute Gasteiger partial charge is 0.306 e. The lowest BCUT2D eigenvalue weighted by Crippen LogP contribution is -2.43. The van der Waals surface area contributed by atoms with Crippen molar-refractivity contribution in [2.24, 2.45) is 5.92 Å². The van der Waals surface area contributed by atoms with E-state index in [0.717, 1.165) is 5.69 Å². The molecule has 1 aliphatic rings. The summed E-state index contributed by atoms with van der Waals surface area (Å²) in [7, 11) is 0. The molecule has 94 valence electrons. The SMILES string of the molecule is CC1CC(C(=O)O)CCN1c1cccnc1C#N. The molecule has 0 spiro atoms. The average Bonchev–Trinajstić information content (AvgIpc) is 2.38. The van der Waals surface area contributed by atoms with Gasteiger partial charge in [-0.15, -0.1) is 0 Å². The molecule has 2 unspecified atom stereocenters. The zero-order chi connectivity index (χ0) is 13.1. The lowest BCUT2D eigenvalue weighted by atomic mass is 9.91. The standard InChI is InChI=1S/C13H15N3O2/c1-9-7-10(13(17)18)4-6-16(9)12-3-2-5-15-11(12)8-14/h2-3,5,9-10H,4,6-7H2,1H3,(H,17,18). The monoisotopic (exact) mass is 245 g/mol. The second-order valence-corrected chi connectivity index (χ2v) is 4.58. The van der Waals surface area contributed by atoms with Crippen molar-refractivity contribution >= 4 is 11.7 Å². The third-order valence-corrected chi connectivity index (χ3v) is 3.43. The van der Waals surface area contributed by atoms with Gasteiger partial charge in [0, 0.05) is 18.8 Å². The summed E-state index contributed by atoms with van der Waals surface area (Å²) in [6.07, 6.45) is 2.81. The van der Waals surface area contributed by atoms with Crippen LogP contribution in [0.4, 0.5) is 5.69 Å². The molecule has 2 atom stereocenters. The van der Waals surface area contributed by atoms with Crippen LogP contribution in [0.15, 0.2) is 18.3 Å². The number of pyridine rings is 1. The Kier molecular flexibility index (Phi) is 3.47. The maximum atomic E-state index is 11.0. The Balaban J connectivity index is 2.21. The van der Waals surface area contributed by atoms with Crippen LogP contribution in [0.5, 0.6) is 0 Å². The highest BCUT2D eigenvalue weighted by Crippen LogP contribution is 2.29. The molecule has 1 saturated heterocycles. The summed E-state index contributed by atoms with van der Waals surface area (Å²) < 4.78 is 0. The Bertz CT molecular complexity index is 495. The predicted molar refractivity (Wildman–Crippen MR) is 66.1 cm³/mol. The summed E-state index contributed by atoms with van der Waals surface area (Å²) in [6.45, 7) is 2.64. The number of rotatable bonds is 2. The fraction of sp³-hybridized carbons (Fsp3) is 0.462. The molecule has 1 aromatic rings. The lowest BCUT2D eigenvalue weighted by Gasteiger charge is -2.38. The molecule has 0 saturated carbocycles. The van der Waals surface area contributed by atoms with Crippen molar-refractivity contribution in [3.63, 3.8) is 0 Å². The number of aromatic nitrogens is 1. The first-order valence-corrected chi connectivity index (χ1v) is 5.98. The van der Waals surface area contributed by atoms with E-state index in [4.69, 9.17) is 10.4 Å². The molecular formula is C13H15N3O2. The topological polar surface area (TPSA) is 77.2 Å². The van der Waals surface area contributed by atoms with Crippen LogP contribution in [0.3, 0.4) is 0 Å². The molecule has 1 aromatic heterocycles. The first-order chi connectivity index (χ1) is 8.63. The molecule has 1 aliphatic heterocycles. The van der Waals surface area contributed by atoms with Crippen molar-refractivity contribution in [3.8, 4) is 6.07 Å². The van der Waals surface area contributed by atoms with Gasteiger partial charge in [0.15, 0.2) is 5.69 Å². The minimum Gasteiger partial charge on any atom is -0.481 e. The highest BCUT2D eigenvalue weighted by atomic mass is 16.4. The van der Waals surface area contributed by atoms with Crippen molar-refractivity contribution in [1.29, 1.82) is 5.26 Å². The molecule has 5 nitrogen and oxygen atoms in total. The van der Waals surface area contributed by atoms with Crippen LogP contribution >= 0.6 is 0 Å². The van der Waals surface area contributed by atoms with E-state index in [1.165, 1.54) is 0 Å². The van der Waals surface area contributed by atoms with Gasteiger partial charge in [-0.3, -0.25) is 4.79 Å². The molecule has 18 heavy (non-hydrogen) atoms. The number of anilines is 1.